The number of halogens is 1. The number of nitrogens with zero attached hydrogens (tertiary/aromatic N) is 1. The molecule has 1 N–H and O–H groups in total. The van der Waals surface area contributed by atoms with Crippen molar-refractivity contribution in [2.24, 2.45) is 0 Å². The Morgan fingerprint density at radius 2 is 2.28 bits per heavy atom. The molecule has 1 fully saturated rings. The molecule has 3 nitrogen and oxygen atoms in total. The van der Waals surface area contributed by atoms with Crippen molar-refractivity contribution in [1.29, 1.82) is 0 Å². The SMILES string of the molecule is COc1cc(Cl)c(C)cc1N(C)CC1CCCN1. The molecular formula is C14H21ClN2O. The van der Waals surface area contributed by atoms with Crippen molar-refractivity contribution in [2.45, 2.75) is 25.8 Å². The van der Waals surface area contributed by atoms with E-state index in [0.29, 0.717) is 6.04 Å². The molecule has 0 radical (unpaired) electrons. The first-order valence-corrected chi connectivity index (χ1v) is 6.78. The maximum absolute atomic E-state index is 6.13. The second kappa shape index (κ2) is 5.81. The number of hydrogen-bond acceptors (Lipinski definition) is 3. The van der Waals surface area contributed by atoms with E-state index in [1.807, 2.05) is 13.0 Å². The van der Waals surface area contributed by atoms with Gasteiger partial charge in [-0.2, -0.15) is 0 Å². The third-order valence-corrected chi connectivity index (χ3v) is 3.94. The first kappa shape index (κ1) is 13.5. The lowest BCUT2D eigenvalue weighted by molar-refractivity contribution is 0.414. The van der Waals surface area contributed by atoms with Gasteiger partial charge in [0.2, 0.25) is 0 Å². The largest absolute Gasteiger partial charge is 0.495 e. The highest BCUT2D eigenvalue weighted by Gasteiger charge is 2.18. The summed E-state index contributed by atoms with van der Waals surface area (Å²) >= 11 is 6.13. The predicted molar refractivity (Wildman–Crippen MR) is 77.0 cm³/mol. The Bertz CT molecular complexity index is 417. The van der Waals surface area contributed by atoms with Crippen LogP contribution in [-0.2, 0) is 0 Å². The molecule has 0 spiro atoms. The van der Waals surface area contributed by atoms with Crippen LogP contribution in [0.1, 0.15) is 18.4 Å². The summed E-state index contributed by atoms with van der Waals surface area (Å²) in [6.07, 6.45) is 2.52. The van der Waals surface area contributed by atoms with Crippen LogP contribution in [0.15, 0.2) is 12.1 Å². The lowest BCUT2D eigenvalue weighted by atomic mass is 10.1. The average molecular weight is 269 g/mol. The highest BCUT2D eigenvalue weighted by Crippen LogP contribution is 2.33. The van der Waals surface area contributed by atoms with Crippen molar-refractivity contribution in [1.82, 2.24) is 5.32 Å². The van der Waals surface area contributed by atoms with Gasteiger partial charge in [-0.3, -0.25) is 0 Å². The maximum atomic E-state index is 6.13. The van der Waals surface area contributed by atoms with Gasteiger partial charge in [0.1, 0.15) is 5.75 Å². The van der Waals surface area contributed by atoms with Crippen LogP contribution in [0.5, 0.6) is 5.75 Å². The molecule has 1 saturated heterocycles. The summed E-state index contributed by atoms with van der Waals surface area (Å²) in [7, 11) is 3.79. The van der Waals surface area contributed by atoms with Gasteiger partial charge in [0.25, 0.3) is 0 Å². The van der Waals surface area contributed by atoms with E-state index >= 15 is 0 Å². The molecule has 0 saturated carbocycles. The van der Waals surface area contributed by atoms with Gasteiger partial charge in [-0.15, -0.1) is 0 Å². The van der Waals surface area contributed by atoms with Gasteiger partial charge < -0.3 is 15.0 Å². The smallest absolute Gasteiger partial charge is 0.143 e. The summed E-state index contributed by atoms with van der Waals surface area (Å²) in [5.74, 6) is 0.839. The van der Waals surface area contributed by atoms with Crippen LogP contribution in [0.2, 0.25) is 5.02 Å². The molecule has 1 atom stereocenters. The zero-order valence-electron chi connectivity index (χ0n) is 11.3. The van der Waals surface area contributed by atoms with Crippen LogP contribution in [0.25, 0.3) is 0 Å². The number of anilines is 1. The van der Waals surface area contributed by atoms with Crippen molar-refractivity contribution in [2.75, 3.05) is 32.1 Å². The molecule has 4 heteroatoms. The monoisotopic (exact) mass is 268 g/mol. The van der Waals surface area contributed by atoms with Crippen LogP contribution in [0, 0.1) is 6.92 Å². The molecule has 1 heterocycles. The van der Waals surface area contributed by atoms with E-state index in [1.165, 1.54) is 12.8 Å². The Balaban J connectivity index is 2.17. The Morgan fingerprint density at radius 3 is 2.89 bits per heavy atom. The third kappa shape index (κ3) is 2.90. The van der Waals surface area contributed by atoms with Gasteiger partial charge in [-0.25, -0.2) is 0 Å². The Morgan fingerprint density at radius 1 is 1.50 bits per heavy atom. The number of hydrogen-bond donors (Lipinski definition) is 1. The zero-order valence-corrected chi connectivity index (χ0v) is 12.0. The van der Waals surface area contributed by atoms with Crippen molar-refractivity contribution in [3.05, 3.63) is 22.7 Å². The summed E-state index contributed by atoms with van der Waals surface area (Å²) in [5.41, 5.74) is 2.19. The predicted octanol–water partition coefficient (Wildman–Crippen LogP) is 2.85. The maximum Gasteiger partial charge on any atom is 0.143 e. The number of nitrogens with one attached hydrogen (secondary N) is 1. The van der Waals surface area contributed by atoms with E-state index in [-0.39, 0.29) is 0 Å². The van der Waals surface area contributed by atoms with Crippen LogP contribution in [-0.4, -0.2) is 33.3 Å². The van der Waals surface area contributed by atoms with Crippen LogP contribution in [0.4, 0.5) is 5.69 Å². The minimum absolute atomic E-state index is 0.579. The lowest BCUT2D eigenvalue weighted by Crippen LogP contribution is -2.35. The first-order chi connectivity index (χ1) is 8.61. The molecule has 1 aliphatic rings. The quantitative estimate of drug-likeness (QED) is 0.909. The van der Waals surface area contributed by atoms with Gasteiger partial charge in [-0.1, -0.05) is 11.6 Å². The van der Waals surface area contributed by atoms with Crippen LogP contribution in [0.3, 0.4) is 0 Å². The minimum atomic E-state index is 0.579. The molecule has 1 aromatic carbocycles. The lowest BCUT2D eigenvalue weighted by Gasteiger charge is -2.25. The topological polar surface area (TPSA) is 24.5 Å². The summed E-state index contributed by atoms with van der Waals surface area (Å²) in [6.45, 7) is 4.15. The molecule has 100 valence electrons. The fourth-order valence-corrected chi connectivity index (χ4v) is 2.60. The summed E-state index contributed by atoms with van der Waals surface area (Å²) in [4.78, 5) is 2.24. The number of aryl methyl sites for hydroxylation is 1. The van der Waals surface area contributed by atoms with Gasteiger partial charge in [-0.05, 0) is 37.9 Å². The van der Waals surface area contributed by atoms with Crippen molar-refractivity contribution in [3.8, 4) is 5.75 Å². The molecule has 1 unspecified atom stereocenters. The van der Waals surface area contributed by atoms with Crippen molar-refractivity contribution >= 4 is 17.3 Å². The second-order valence-corrected chi connectivity index (χ2v) is 5.35. The molecule has 0 amide bonds. The van der Waals surface area contributed by atoms with Gasteiger partial charge >= 0.3 is 0 Å². The van der Waals surface area contributed by atoms with E-state index in [2.05, 4.69) is 23.3 Å². The van der Waals surface area contributed by atoms with Crippen LogP contribution >= 0.6 is 11.6 Å². The number of benzene rings is 1. The molecule has 0 aromatic heterocycles. The highest BCUT2D eigenvalue weighted by atomic mass is 35.5. The number of methoxy groups -OCH3 is 1. The average Bonchev–Trinajstić information content (AvgIpc) is 2.84. The van der Waals surface area contributed by atoms with Crippen molar-refractivity contribution in [3.63, 3.8) is 0 Å². The summed E-state index contributed by atoms with van der Waals surface area (Å²) in [6, 6.07) is 4.57. The minimum Gasteiger partial charge on any atom is -0.495 e. The number of ether oxygens (including phenoxy) is 1. The second-order valence-electron chi connectivity index (χ2n) is 4.95. The Kier molecular flexibility index (Phi) is 4.36. The molecule has 0 aliphatic carbocycles. The molecular weight excluding hydrogens is 248 g/mol. The van der Waals surface area contributed by atoms with E-state index < -0.39 is 0 Å². The summed E-state index contributed by atoms with van der Waals surface area (Å²) in [5, 5.41) is 4.26. The Hall–Kier alpha value is -0.930. The van der Waals surface area contributed by atoms with Gasteiger partial charge in [0.05, 0.1) is 12.8 Å². The van der Waals surface area contributed by atoms with E-state index in [0.717, 1.165) is 35.1 Å². The van der Waals surface area contributed by atoms with Crippen molar-refractivity contribution < 1.29 is 4.74 Å². The van der Waals surface area contributed by atoms with Crippen LogP contribution < -0.4 is 15.0 Å². The Labute approximate surface area is 114 Å². The summed E-state index contributed by atoms with van der Waals surface area (Å²) < 4.78 is 5.42. The molecule has 0 bridgehead atoms. The first-order valence-electron chi connectivity index (χ1n) is 6.40. The van der Waals surface area contributed by atoms with Gasteiger partial charge in [0.15, 0.2) is 0 Å². The molecule has 1 aliphatic heterocycles. The van der Waals surface area contributed by atoms with Gasteiger partial charge in [0, 0.05) is 30.7 Å². The normalized spacial score (nSPS) is 19.0. The molecule has 18 heavy (non-hydrogen) atoms. The molecule has 1 aromatic rings. The zero-order chi connectivity index (χ0) is 13.1. The standard InChI is InChI=1S/C14H21ClN2O/c1-10-7-13(14(18-3)8-12(10)15)17(2)9-11-5-4-6-16-11/h7-8,11,16H,4-6,9H2,1-3H3. The molecule has 2 rings (SSSR count). The fourth-order valence-electron chi connectivity index (χ4n) is 2.45. The van der Waals surface area contributed by atoms with E-state index in [9.17, 15) is 0 Å². The van der Waals surface area contributed by atoms with E-state index in [4.69, 9.17) is 16.3 Å². The highest BCUT2D eigenvalue weighted by molar-refractivity contribution is 6.31. The third-order valence-electron chi connectivity index (χ3n) is 3.53. The number of rotatable bonds is 4. The fraction of sp³-hybridized carbons (Fsp3) is 0.571. The van der Waals surface area contributed by atoms with E-state index in [1.54, 1.807) is 7.11 Å². The number of likely N-dealkylation sites (N-methyl/N-ethyl adjacent to an activating group) is 1.